The maximum atomic E-state index is 5.79. The molecule has 3 aromatic rings. The molecule has 1 aliphatic rings. The lowest BCUT2D eigenvalue weighted by atomic mass is 10.1. The van der Waals surface area contributed by atoms with E-state index in [0.29, 0.717) is 5.88 Å². The summed E-state index contributed by atoms with van der Waals surface area (Å²) in [5.41, 5.74) is 3.75. The van der Waals surface area contributed by atoms with Crippen LogP contribution in [-0.2, 0) is 0 Å². The van der Waals surface area contributed by atoms with Crippen molar-refractivity contribution in [2.45, 2.75) is 0 Å². The Kier molecular flexibility index (Phi) is 5.36. The molecule has 0 N–H and O–H groups in total. The smallest absolute Gasteiger partial charge is 0.213 e. The molecule has 4 rings (SSSR count). The van der Waals surface area contributed by atoms with E-state index in [2.05, 4.69) is 40.0 Å². The highest BCUT2D eigenvalue weighted by atomic mass is 32.1. The summed E-state index contributed by atoms with van der Waals surface area (Å²) in [5, 5.41) is 4.85. The Balaban J connectivity index is 1.72. The molecular weight excluding hydrogens is 370 g/mol. The van der Waals surface area contributed by atoms with Crippen LogP contribution in [-0.4, -0.2) is 69.9 Å². The van der Waals surface area contributed by atoms with E-state index in [9.17, 15) is 0 Å². The van der Waals surface area contributed by atoms with Crippen LogP contribution in [0.1, 0.15) is 5.69 Å². The Morgan fingerprint density at radius 2 is 1.79 bits per heavy atom. The number of piperazine rings is 1. The Morgan fingerprint density at radius 3 is 2.43 bits per heavy atom. The lowest BCUT2D eigenvalue weighted by molar-refractivity contribution is 0.217. The third-order valence-corrected chi connectivity index (χ3v) is 5.43. The van der Waals surface area contributed by atoms with Gasteiger partial charge < -0.3 is 14.5 Å². The lowest BCUT2D eigenvalue weighted by Gasteiger charge is -2.33. The van der Waals surface area contributed by atoms with Crippen LogP contribution in [0.2, 0.25) is 0 Å². The van der Waals surface area contributed by atoms with E-state index >= 15 is 0 Å². The average molecular weight is 394 g/mol. The topological polar surface area (TPSA) is 46.4 Å². The highest BCUT2D eigenvalue weighted by Crippen LogP contribution is 2.25. The number of nitrogens with zero attached hydrogens (tertiary/aromatic N) is 5. The summed E-state index contributed by atoms with van der Waals surface area (Å²) in [6.45, 7) is 3.86. The fourth-order valence-corrected chi connectivity index (χ4v) is 3.57. The zero-order chi connectivity index (χ0) is 19.5. The molecule has 144 valence electrons. The van der Waals surface area contributed by atoms with Crippen molar-refractivity contribution >= 4 is 17.2 Å². The third-order valence-electron chi connectivity index (χ3n) is 4.96. The second-order valence-corrected chi connectivity index (χ2v) is 7.23. The first-order valence-corrected chi connectivity index (χ1v) is 9.70. The predicted molar refractivity (Wildman–Crippen MR) is 114 cm³/mol. The number of pyridine rings is 1. The SMILES string of the molecule is COc1ccc(-n2nc(C(=S)N3CCN(C)CC3)cc2-c2ccccc2)cn1. The summed E-state index contributed by atoms with van der Waals surface area (Å²) in [5.74, 6) is 0.574. The minimum absolute atomic E-state index is 0.574. The van der Waals surface area contributed by atoms with Crippen LogP contribution < -0.4 is 4.74 Å². The molecule has 28 heavy (non-hydrogen) atoms. The summed E-state index contributed by atoms with van der Waals surface area (Å²) < 4.78 is 7.08. The monoisotopic (exact) mass is 393 g/mol. The van der Waals surface area contributed by atoms with Gasteiger partial charge in [-0.15, -0.1) is 0 Å². The molecule has 0 saturated carbocycles. The van der Waals surface area contributed by atoms with E-state index in [1.807, 2.05) is 35.0 Å². The van der Waals surface area contributed by atoms with Crippen LogP contribution in [0.3, 0.4) is 0 Å². The maximum absolute atomic E-state index is 5.79. The molecule has 0 spiro atoms. The van der Waals surface area contributed by atoms with Crippen molar-refractivity contribution in [3.63, 3.8) is 0 Å². The molecule has 2 aromatic heterocycles. The number of hydrogen-bond donors (Lipinski definition) is 0. The quantitative estimate of drug-likeness (QED) is 0.635. The van der Waals surface area contributed by atoms with Crippen molar-refractivity contribution in [2.24, 2.45) is 0 Å². The van der Waals surface area contributed by atoms with E-state index in [4.69, 9.17) is 22.1 Å². The van der Waals surface area contributed by atoms with Crippen LogP contribution >= 0.6 is 12.2 Å². The zero-order valence-corrected chi connectivity index (χ0v) is 16.9. The maximum Gasteiger partial charge on any atom is 0.213 e. The van der Waals surface area contributed by atoms with Crippen molar-refractivity contribution in [1.82, 2.24) is 24.6 Å². The molecule has 0 amide bonds. The van der Waals surface area contributed by atoms with Gasteiger partial charge in [0.15, 0.2) is 0 Å². The molecule has 3 heterocycles. The van der Waals surface area contributed by atoms with Gasteiger partial charge in [0.1, 0.15) is 10.7 Å². The summed E-state index contributed by atoms with van der Waals surface area (Å²) in [6.07, 6.45) is 1.76. The van der Waals surface area contributed by atoms with Gasteiger partial charge >= 0.3 is 0 Å². The molecule has 0 unspecified atom stereocenters. The fraction of sp³-hybridized carbons (Fsp3) is 0.286. The summed E-state index contributed by atoms with van der Waals surface area (Å²) >= 11 is 5.79. The van der Waals surface area contributed by atoms with Crippen molar-refractivity contribution in [1.29, 1.82) is 0 Å². The minimum atomic E-state index is 0.574. The largest absolute Gasteiger partial charge is 0.481 e. The van der Waals surface area contributed by atoms with Crippen LogP contribution in [0.4, 0.5) is 0 Å². The Morgan fingerprint density at radius 1 is 1.04 bits per heavy atom. The van der Waals surface area contributed by atoms with E-state index in [0.717, 1.165) is 53.8 Å². The van der Waals surface area contributed by atoms with E-state index in [1.165, 1.54) is 0 Å². The second-order valence-electron chi connectivity index (χ2n) is 6.85. The van der Waals surface area contributed by atoms with Gasteiger partial charge in [0.25, 0.3) is 0 Å². The number of rotatable bonds is 4. The van der Waals surface area contributed by atoms with Crippen LogP contribution in [0, 0.1) is 0 Å². The molecular formula is C21H23N5OS. The number of aromatic nitrogens is 3. The fourth-order valence-electron chi connectivity index (χ4n) is 3.29. The molecule has 1 saturated heterocycles. The molecule has 1 aromatic carbocycles. The highest BCUT2D eigenvalue weighted by molar-refractivity contribution is 7.80. The van der Waals surface area contributed by atoms with Crippen LogP contribution in [0.25, 0.3) is 16.9 Å². The number of ether oxygens (including phenoxy) is 1. The molecule has 0 atom stereocenters. The van der Waals surface area contributed by atoms with E-state index in [1.54, 1.807) is 13.3 Å². The highest BCUT2D eigenvalue weighted by Gasteiger charge is 2.21. The Labute approximate surface area is 170 Å². The summed E-state index contributed by atoms with van der Waals surface area (Å²) in [6, 6.07) is 16.1. The van der Waals surface area contributed by atoms with Crippen molar-refractivity contribution in [3.05, 3.63) is 60.4 Å². The van der Waals surface area contributed by atoms with Gasteiger partial charge in [-0.3, -0.25) is 0 Å². The first kappa shape index (κ1) is 18.6. The third kappa shape index (κ3) is 3.76. The molecule has 1 aliphatic heterocycles. The van der Waals surface area contributed by atoms with Crippen LogP contribution in [0.5, 0.6) is 5.88 Å². The summed E-state index contributed by atoms with van der Waals surface area (Å²) in [7, 11) is 3.75. The number of likely N-dealkylation sites (N-methyl/N-ethyl adjacent to an activating group) is 1. The number of benzene rings is 1. The summed E-state index contributed by atoms with van der Waals surface area (Å²) in [4.78, 5) is 9.68. The van der Waals surface area contributed by atoms with Gasteiger partial charge in [0.2, 0.25) is 5.88 Å². The average Bonchev–Trinajstić information content (AvgIpc) is 3.20. The predicted octanol–water partition coefficient (Wildman–Crippen LogP) is 2.87. The number of methoxy groups -OCH3 is 1. The first-order valence-electron chi connectivity index (χ1n) is 9.29. The Bertz CT molecular complexity index is 947. The van der Waals surface area contributed by atoms with Gasteiger partial charge in [-0.25, -0.2) is 9.67 Å². The zero-order valence-electron chi connectivity index (χ0n) is 16.1. The van der Waals surface area contributed by atoms with Gasteiger partial charge in [-0.1, -0.05) is 42.5 Å². The normalized spacial score (nSPS) is 14.9. The van der Waals surface area contributed by atoms with Crippen molar-refractivity contribution in [2.75, 3.05) is 40.3 Å². The number of thiocarbonyl (C=S) groups is 1. The van der Waals surface area contributed by atoms with Gasteiger partial charge in [-0.05, 0) is 19.2 Å². The molecule has 7 heteroatoms. The van der Waals surface area contributed by atoms with E-state index < -0.39 is 0 Å². The van der Waals surface area contributed by atoms with Crippen molar-refractivity contribution < 1.29 is 4.74 Å². The van der Waals surface area contributed by atoms with Crippen molar-refractivity contribution in [3.8, 4) is 22.8 Å². The molecule has 6 nitrogen and oxygen atoms in total. The molecule has 0 radical (unpaired) electrons. The number of hydrogen-bond acceptors (Lipinski definition) is 5. The first-order chi connectivity index (χ1) is 13.7. The van der Waals surface area contributed by atoms with Gasteiger partial charge in [-0.2, -0.15) is 5.10 Å². The minimum Gasteiger partial charge on any atom is -0.481 e. The molecule has 0 aliphatic carbocycles. The van der Waals surface area contributed by atoms with Crippen LogP contribution in [0.15, 0.2) is 54.7 Å². The van der Waals surface area contributed by atoms with Gasteiger partial charge in [0.05, 0.1) is 24.7 Å². The lowest BCUT2D eigenvalue weighted by Crippen LogP contribution is -2.46. The molecule has 1 fully saturated rings. The van der Waals surface area contributed by atoms with Gasteiger partial charge in [0, 0.05) is 37.8 Å². The second kappa shape index (κ2) is 8.08. The molecule has 0 bridgehead atoms. The van der Waals surface area contributed by atoms with E-state index in [-0.39, 0.29) is 0 Å². The standard InChI is InChI=1S/C21H23N5OS/c1-24-10-12-25(13-11-24)21(28)18-14-19(16-6-4-3-5-7-16)26(23-18)17-8-9-20(27-2)22-15-17/h3-9,14-15H,10-13H2,1-2H3. The Hall–Kier alpha value is -2.77.